The number of pyridine rings is 1. The van der Waals surface area contributed by atoms with Crippen LogP contribution in [0.1, 0.15) is 26.2 Å². The molecule has 1 aliphatic rings. The van der Waals surface area contributed by atoms with E-state index in [0.29, 0.717) is 28.3 Å². The predicted octanol–water partition coefficient (Wildman–Crippen LogP) is 3.68. The molecule has 0 radical (unpaired) electrons. The maximum Gasteiger partial charge on any atom is 0.234 e. The van der Waals surface area contributed by atoms with Crippen LogP contribution < -0.4 is 10.1 Å². The highest BCUT2D eigenvalue weighted by atomic mass is 35.5. The first kappa shape index (κ1) is 15.7. The van der Waals surface area contributed by atoms with Crippen molar-refractivity contribution in [2.45, 2.75) is 26.2 Å². The van der Waals surface area contributed by atoms with E-state index in [1.807, 2.05) is 6.92 Å². The molecule has 2 heterocycles. The van der Waals surface area contributed by atoms with Crippen LogP contribution in [0.4, 0.5) is 5.82 Å². The van der Waals surface area contributed by atoms with Gasteiger partial charge in [0.05, 0.1) is 5.02 Å². The van der Waals surface area contributed by atoms with Gasteiger partial charge in [-0.25, -0.2) is 0 Å². The number of nitrogens with zero attached hydrogens (tertiary/aromatic N) is 2. The minimum absolute atomic E-state index is 0.448. The van der Waals surface area contributed by atoms with Gasteiger partial charge in [0, 0.05) is 13.1 Å². The minimum atomic E-state index is 0.448. The second-order valence-electron chi connectivity index (χ2n) is 4.89. The van der Waals surface area contributed by atoms with E-state index in [4.69, 9.17) is 27.9 Å². The quantitative estimate of drug-likeness (QED) is 0.868. The van der Waals surface area contributed by atoms with E-state index >= 15 is 0 Å². The van der Waals surface area contributed by atoms with Crippen LogP contribution >= 0.6 is 23.2 Å². The Hall–Kier alpha value is -0.710. The van der Waals surface area contributed by atoms with Gasteiger partial charge in [0.1, 0.15) is 17.4 Å². The number of nitrogens with one attached hydrogen (secondary N) is 1. The average Bonchev–Trinajstić information content (AvgIpc) is 2.45. The summed E-state index contributed by atoms with van der Waals surface area (Å²) in [6.45, 7) is 6.57. The highest BCUT2D eigenvalue weighted by molar-refractivity contribution is 6.36. The van der Waals surface area contributed by atoms with Crippen molar-refractivity contribution in [3.8, 4) is 5.88 Å². The van der Waals surface area contributed by atoms with Gasteiger partial charge in [-0.15, -0.1) is 0 Å². The molecule has 0 spiro atoms. The topological polar surface area (TPSA) is 37.4 Å². The summed E-state index contributed by atoms with van der Waals surface area (Å²) in [5.41, 5.74) is 0. The Kier molecular flexibility index (Phi) is 6.20. The van der Waals surface area contributed by atoms with E-state index < -0.39 is 0 Å². The summed E-state index contributed by atoms with van der Waals surface area (Å²) in [4.78, 5) is 6.74. The van der Waals surface area contributed by atoms with E-state index in [1.54, 1.807) is 6.07 Å². The van der Waals surface area contributed by atoms with Gasteiger partial charge in [-0.3, -0.25) is 4.90 Å². The fourth-order valence-corrected chi connectivity index (χ4v) is 2.78. The molecule has 1 fully saturated rings. The number of anilines is 1. The maximum absolute atomic E-state index is 6.11. The monoisotopic (exact) mass is 317 g/mol. The molecule has 4 nitrogen and oxygen atoms in total. The van der Waals surface area contributed by atoms with Crippen LogP contribution in [0.25, 0.3) is 0 Å². The molecule has 0 unspecified atom stereocenters. The molecule has 0 aliphatic carbocycles. The largest absolute Gasteiger partial charge is 0.475 e. The first-order valence-corrected chi connectivity index (χ1v) is 7.91. The Bertz CT molecular complexity index is 437. The van der Waals surface area contributed by atoms with Crippen LogP contribution in [0.15, 0.2) is 6.07 Å². The van der Waals surface area contributed by atoms with Crippen molar-refractivity contribution in [1.82, 2.24) is 9.88 Å². The van der Waals surface area contributed by atoms with Crippen LogP contribution in [-0.4, -0.2) is 42.7 Å². The summed E-state index contributed by atoms with van der Waals surface area (Å²) < 4.78 is 5.70. The standard InChI is InChI=1S/C14H21Cl2N3O/c1-2-17-13-11(15)10-12(16)14(18-13)20-9-8-19-6-4-3-5-7-19/h10H,2-9H2,1H3,(H,17,18). The zero-order valence-electron chi connectivity index (χ0n) is 11.8. The lowest BCUT2D eigenvalue weighted by molar-refractivity contribution is 0.180. The van der Waals surface area contributed by atoms with Crippen LogP contribution in [-0.2, 0) is 0 Å². The Morgan fingerprint density at radius 2 is 2.00 bits per heavy atom. The molecule has 1 aliphatic heterocycles. The van der Waals surface area contributed by atoms with Gasteiger partial charge >= 0.3 is 0 Å². The number of rotatable bonds is 6. The van der Waals surface area contributed by atoms with E-state index in [9.17, 15) is 0 Å². The highest BCUT2D eigenvalue weighted by Crippen LogP contribution is 2.30. The number of aromatic nitrogens is 1. The molecule has 0 saturated carbocycles. The summed E-state index contributed by atoms with van der Waals surface area (Å²) in [6, 6.07) is 1.67. The second-order valence-corrected chi connectivity index (χ2v) is 5.70. The summed E-state index contributed by atoms with van der Waals surface area (Å²) >= 11 is 12.2. The first-order valence-electron chi connectivity index (χ1n) is 7.15. The predicted molar refractivity (Wildman–Crippen MR) is 84.2 cm³/mol. The lowest BCUT2D eigenvalue weighted by atomic mass is 10.1. The van der Waals surface area contributed by atoms with Crippen molar-refractivity contribution in [3.05, 3.63) is 16.1 Å². The Labute approximate surface area is 130 Å². The van der Waals surface area contributed by atoms with E-state index in [1.165, 1.54) is 19.3 Å². The SMILES string of the molecule is CCNc1nc(OCCN2CCCCC2)c(Cl)cc1Cl. The number of likely N-dealkylation sites (tertiary alicyclic amines) is 1. The Morgan fingerprint density at radius 3 is 2.70 bits per heavy atom. The zero-order chi connectivity index (χ0) is 14.4. The smallest absolute Gasteiger partial charge is 0.234 e. The molecule has 1 N–H and O–H groups in total. The van der Waals surface area contributed by atoms with Gasteiger partial charge in [0.15, 0.2) is 0 Å². The van der Waals surface area contributed by atoms with E-state index in [-0.39, 0.29) is 0 Å². The highest BCUT2D eigenvalue weighted by Gasteiger charge is 2.12. The number of ether oxygens (including phenoxy) is 1. The Morgan fingerprint density at radius 1 is 1.25 bits per heavy atom. The molecule has 0 atom stereocenters. The minimum Gasteiger partial charge on any atom is -0.475 e. The molecule has 20 heavy (non-hydrogen) atoms. The van der Waals surface area contributed by atoms with Crippen molar-refractivity contribution in [2.24, 2.45) is 0 Å². The number of piperidine rings is 1. The van der Waals surface area contributed by atoms with Crippen LogP contribution in [0, 0.1) is 0 Å². The maximum atomic E-state index is 6.11. The molecule has 0 amide bonds. The van der Waals surface area contributed by atoms with Gasteiger partial charge in [-0.1, -0.05) is 29.6 Å². The van der Waals surface area contributed by atoms with Gasteiger partial charge < -0.3 is 10.1 Å². The van der Waals surface area contributed by atoms with Gasteiger partial charge in [0.25, 0.3) is 0 Å². The van der Waals surface area contributed by atoms with E-state index in [2.05, 4.69) is 15.2 Å². The van der Waals surface area contributed by atoms with Crippen molar-refractivity contribution in [2.75, 3.05) is 38.1 Å². The first-order chi connectivity index (χ1) is 9.70. The van der Waals surface area contributed by atoms with Gasteiger partial charge in [-0.05, 0) is 38.9 Å². The molecule has 0 aromatic carbocycles. The van der Waals surface area contributed by atoms with Crippen LogP contribution in [0.2, 0.25) is 10.0 Å². The normalized spacial score (nSPS) is 16.1. The third-order valence-corrected chi connectivity index (χ3v) is 3.90. The summed E-state index contributed by atoms with van der Waals surface area (Å²) in [5, 5.41) is 4.06. The molecule has 1 saturated heterocycles. The molecule has 2 rings (SSSR count). The van der Waals surface area contributed by atoms with Crippen molar-refractivity contribution in [3.63, 3.8) is 0 Å². The van der Waals surface area contributed by atoms with Crippen molar-refractivity contribution in [1.29, 1.82) is 0 Å². The lowest BCUT2D eigenvalue weighted by Crippen LogP contribution is -2.33. The van der Waals surface area contributed by atoms with Crippen molar-refractivity contribution >= 4 is 29.0 Å². The molecule has 112 valence electrons. The fraction of sp³-hybridized carbons (Fsp3) is 0.643. The third kappa shape index (κ3) is 4.40. The molecule has 6 heteroatoms. The lowest BCUT2D eigenvalue weighted by Gasteiger charge is -2.26. The molecule has 1 aromatic heterocycles. The number of hydrogen-bond donors (Lipinski definition) is 1. The van der Waals surface area contributed by atoms with E-state index in [0.717, 1.165) is 26.2 Å². The molecular formula is C14H21Cl2N3O. The van der Waals surface area contributed by atoms with Crippen molar-refractivity contribution < 1.29 is 4.74 Å². The van der Waals surface area contributed by atoms with Crippen LogP contribution in [0.3, 0.4) is 0 Å². The number of halogens is 2. The second kappa shape index (κ2) is 7.91. The van der Waals surface area contributed by atoms with Gasteiger partial charge in [0.2, 0.25) is 5.88 Å². The third-order valence-electron chi connectivity index (χ3n) is 3.34. The summed E-state index contributed by atoms with van der Waals surface area (Å²) in [6.07, 6.45) is 3.91. The fourth-order valence-electron chi connectivity index (χ4n) is 2.30. The summed E-state index contributed by atoms with van der Waals surface area (Å²) in [5.74, 6) is 1.07. The Balaban J connectivity index is 1.89. The average molecular weight is 318 g/mol. The zero-order valence-corrected chi connectivity index (χ0v) is 13.3. The molecule has 0 bridgehead atoms. The molecular weight excluding hydrogens is 297 g/mol. The number of hydrogen-bond acceptors (Lipinski definition) is 4. The summed E-state index contributed by atoms with van der Waals surface area (Å²) in [7, 11) is 0. The van der Waals surface area contributed by atoms with Crippen LogP contribution in [0.5, 0.6) is 5.88 Å². The molecule has 1 aromatic rings. The van der Waals surface area contributed by atoms with Gasteiger partial charge in [-0.2, -0.15) is 4.98 Å².